The van der Waals surface area contributed by atoms with E-state index in [-0.39, 0.29) is 11.6 Å². The Balaban J connectivity index is 2.06. The Morgan fingerprint density at radius 2 is 1.90 bits per heavy atom. The molecule has 5 heteroatoms. The standard InChI is InChI=1S/C16H12N4O/c17-9-1-2-12-3-6-14(7-4-12)20-16(21)15-8-5-13(10-18)11-19-15/h3-8,11H,9,17H2,(H,20,21). The zero-order chi connectivity index (χ0) is 15.1. The van der Waals surface area contributed by atoms with E-state index in [9.17, 15) is 4.79 Å². The molecule has 0 radical (unpaired) electrons. The van der Waals surface area contributed by atoms with Crippen molar-refractivity contribution in [1.82, 2.24) is 4.98 Å². The zero-order valence-corrected chi connectivity index (χ0v) is 11.1. The number of nitrogens with one attached hydrogen (secondary N) is 1. The normalized spacial score (nSPS) is 9.14. The number of carbonyl (C=O) groups excluding carboxylic acids is 1. The minimum Gasteiger partial charge on any atom is -0.321 e. The predicted molar refractivity (Wildman–Crippen MR) is 79.3 cm³/mol. The van der Waals surface area contributed by atoms with Crippen LogP contribution in [-0.2, 0) is 0 Å². The fourth-order valence-corrected chi connectivity index (χ4v) is 1.58. The van der Waals surface area contributed by atoms with Crippen molar-refractivity contribution in [2.24, 2.45) is 5.73 Å². The lowest BCUT2D eigenvalue weighted by Crippen LogP contribution is -2.13. The fourth-order valence-electron chi connectivity index (χ4n) is 1.58. The number of pyridine rings is 1. The molecular weight excluding hydrogens is 264 g/mol. The van der Waals surface area contributed by atoms with E-state index < -0.39 is 0 Å². The van der Waals surface area contributed by atoms with Crippen molar-refractivity contribution in [3.63, 3.8) is 0 Å². The molecule has 1 aromatic carbocycles. The van der Waals surface area contributed by atoms with Gasteiger partial charge in [0.15, 0.2) is 0 Å². The first kappa shape index (κ1) is 14.3. The third-order valence-electron chi connectivity index (χ3n) is 2.60. The van der Waals surface area contributed by atoms with Gasteiger partial charge in [-0.2, -0.15) is 5.26 Å². The number of nitrogens with zero attached hydrogens (tertiary/aromatic N) is 2. The van der Waals surface area contributed by atoms with Gasteiger partial charge in [-0.3, -0.25) is 4.79 Å². The van der Waals surface area contributed by atoms with Gasteiger partial charge in [0.2, 0.25) is 0 Å². The summed E-state index contributed by atoms with van der Waals surface area (Å²) < 4.78 is 0. The van der Waals surface area contributed by atoms with E-state index in [1.165, 1.54) is 12.3 Å². The summed E-state index contributed by atoms with van der Waals surface area (Å²) in [4.78, 5) is 15.9. The summed E-state index contributed by atoms with van der Waals surface area (Å²) in [5.41, 5.74) is 7.43. The maximum Gasteiger partial charge on any atom is 0.274 e. The van der Waals surface area contributed by atoms with E-state index in [0.717, 1.165) is 5.56 Å². The van der Waals surface area contributed by atoms with E-state index in [1.54, 1.807) is 30.3 Å². The highest BCUT2D eigenvalue weighted by atomic mass is 16.1. The Labute approximate surface area is 122 Å². The van der Waals surface area contributed by atoms with Gasteiger partial charge >= 0.3 is 0 Å². The number of rotatable bonds is 2. The molecule has 102 valence electrons. The average Bonchev–Trinajstić information content (AvgIpc) is 2.54. The van der Waals surface area contributed by atoms with Gasteiger partial charge in [0.25, 0.3) is 5.91 Å². The minimum absolute atomic E-state index is 0.251. The molecule has 0 fully saturated rings. The lowest BCUT2D eigenvalue weighted by molar-refractivity contribution is 0.102. The van der Waals surface area contributed by atoms with Crippen molar-refractivity contribution in [2.45, 2.75) is 0 Å². The molecule has 0 unspecified atom stereocenters. The molecule has 1 aromatic heterocycles. The van der Waals surface area contributed by atoms with E-state index in [0.29, 0.717) is 17.8 Å². The summed E-state index contributed by atoms with van der Waals surface area (Å²) in [5, 5.41) is 11.4. The lowest BCUT2D eigenvalue weighted by Gasteiger charge is -2.04. The number of nitrogens with two attached hydrogens (primary N) is 1. The number of anilines is 1. The molecule has 3 N–H and O–H groups in total. The van der Waals surface area contributed by atoms with Crippen LogP contribution in [0.4, 0.5) is 5.69 Å². The predicted octanol–water partition coefficient (Wildman–Crippen LogP) is 1.52. The van der Waals surface area contributed by atoms with E-state index in [4.69, 9.17) is 11.0 Å². The first-order valence-corrected chi connectivity index (χ1v) is 6.19. The van der Waals surface area contributed by atoms with Gasteiger partial charge in [0.1, 0.15) is 11.8 Å². The average molecular weight is 276 g/mol. The Morgan fingerprint density at radius 1 is 1.19 bits per heavy atom. The van der Waals surface area contributed by atoms with Crippen molar-refractivity contribution in [3.05, 3.63) is 59.4 Å². The van der Waals surface area contributed by atoms with Crippen LogP contribution in [0.15, 0.2) is 42.6 Å². The van der Waals surface area contributed by atoms with Gasteiger partial charge < -0.3 is 11.1 Å². The van der Waals surface area contributed by atoms with Crippen LogP contribution in [0.25, 0.3) is 0 Å². The molecule has 0 aliphatic heterocycles. The molecule has 0 aliphatic rings. The number of aromatic nitrogens is 1. The summed E-state index contributed by atoms with van der Waals surface area (Å²) in [6.07, 6.45) is 1.36. The van der Waals surface area contributed by atoms with Crippen LogP contribution in [0.5, 0.6) is 0 Å². The summed E-state index contributed by atoms with van der Waals surface area (Å²) in [6.45, 7) is 0.308. The van der Waals surface area contributed by atoms with Gasteiger partial charge in [-0.05, 0) is 36.4 Å². The van der Waals surface area contributed by atoms with Crippen LogP contribution in [0, 0.1) is 23.2 Å². The maximum absolute atomic E-state index is 12.0. The lowest BCUT2D eigenvalue weighted by atomic mass is 10.2. The molecular formula is C16H12N4O. The van der Waals surface area contributed by atoms with Gasteiger partial charge in [-0.1, -0.05) is 11.8 Å². The molecule has 2 aromatic rings. The number of amides is 1. The van der Waals surface area contributed by atoms with Crippen molar-refractivity contribution in [2.75, 3.05) is 11.9 Å². The molecule has 1 heterocycles. The highest BCUT2D eigenvalue weighted by Gasteiger charge is 2.07. The molecule has 0 saturated carbocycles. The highest BCUT2D eigenvalue weighted by molar-refractivity contribution is 6.02. The van der Waals surface area contributed by atoms with Crippen LogP contribution in [0.2, 0.25) is 0 Å². The molecule has 5 nitrogen and oxygen atoms in total. The van der Waals surface area contributed by atoms with Crippen LogP contribution in [0.1, 0.15) is 21.6 Å². The van der Waals surface area contributed by atoms with Gasteiger partial charge in [0.05, 0.1) is 12.1 Å². The van der Waals surface area contributed by atoms with E-state index in [1.807, 2.05) is 6.07 Å². The second kappa shape index (κ2) is 6.85. The minimum atomic E-state index is -0.333. The van der Waals surface area contributed by atoms with Crippen LogP contribution in [-0.4, -0.2) is 17.4 Å². The Morgan fingerprint density at radius 3 is 2.48 bits per heavy atom. The molecule has 0 spiro atoms. The molecule has 0 aliphatic carbocycles. The van der Waals surface area contributed by atoms with Crippen molar-refractivity contribution in [3.8, 4) is 17.9 Å². The largest absolute Gasteiger partial charge is 0.321 e. The second-order valence-corrected chi connectivity index (χ2v) is 4.08. The van der Waals surface area contributed by atoms with Crippen LogP contribution >= 0.6 is 0 Å². The van der Waals surface area contributed by atoms with Gasteiger partial charge in [0, 0.05) is 17.4 Å². The van der Waals surface area contributed by atoms with Crippen molar-refractivity contribution >= 4 is 11.6 Å². The van der Waals surface area contributed by atoms with Gasteiger partial charge in [-0.25, -0.2) is 4.98 Å². The van der Waals surface area contributed by atoms with Gasteiger partial charge in [-0.15, -0.1) is 0 Å². The van der Waals surface area contributed by atoms with Crippen molar-refractivity contribution in [1.29, 1.82) is 5.26 Å². The topological polar surface area (TPSA) is 91.8 Å². The number of hydrogen-bond donors (Lipinski definition) is 2. The molecule has 2 rings (SSSR count). The third-order valence-corrected chi connectivity index (χ3v) is 2.60. The second-order valence-electron chi connectivity index (χ2n) is 4.08. The Kier molecular flexibility index (Phi) is 4.66. The van der Waals surface area contributed by atoms with E-state index >= 15 is 0 Å². The number of nitriles is 1. The Bertz CT molecular complexity index is 731. The summed E-state index contributed by atoms with van der Waals surface area (Å²) >= 11 is 0. The van der Waals surface area contributed by atoms with Crippen LogP contribution < -0.4 is 11.1 Å². The summed E-state index contributed by atoms with van der Waals surface area (Å²) in [5.74, 6) is 5.32. The fraction of sp³-hybridized carbons (Fsp3) is 0.0625. The molecule has 1 amide bonds. The number of carbonyl (C=O) groups is 1. The maximum atomic E-state index is 12.0. The molecule has 0 atom stereocenters. The first-order chi connectivity index (χ1) is 10.2. The quantitative estimate of drug-likeness (QED) is 0.813. The highest BCUT2D eigenvalue weighted by Crippen LogP contribution is 2.10. The first-order valence-electron chi connectivity index (χ1n) is 6.19. The molecule has 0 bridgehead atoms. The van der Waals surface area contributed by atoms with Crippen LogP contribution in [0.3, 0.4) is 0 Å². The monoisotopic (exact) mass is 276 g/mol. The Hall–Kier alpha value is -3.15. The SMILES string of the molecule is N#Cc1ccc(C(=O)Nc2ccc(C#CCN)cc2)nc1. The smallest absolute Gasteiger partial charge is 0.274 e. The zero-order valence-electron chi connectivity index (χ0n) is 11.1. The summed E-state index contributed by atoms with van der Waals surface area (Å²) in [7, 11) is 0. The van der Waals surface area contributed by atoms with Crippen molar-refractivity contribution < 1.29 is 4.79 Å². The number of hydrogen-bond acceptors (Lipinski definition) is 4. The van der Waals surface area contributed by atoms with E-state index in [2.05, 4.69) is 22.1 Å². The third kappa shape index (κ3) is 3.90. The molecule has 0 saturated heterocycles. The summed E-state index contributed by atoms with van der Waals surface area (Å²) in [6, 6.07) is 12.1. The molecule has 21 heavy (non-hydrogen) atoms. The number of benzene rings is 1.